The Kier molecular flexibility index (Phi) is 4.11. The number of nitrogens with zero attached hydrogens (tertiary/aromatic N) is 2. The third-order valence-corrected chi connectivity index (χ3v) is 2.29. The first-order valence-corrected chi connectivity index (χ1v) is 4.79. The van der Waals surface area contributed by atoms with E-state index in [1.54, 1.807) is 19.3 Å². The monoisotopic (exact) mass is 192 g/mol. The molecule has 0 spiro atoms. The van der Waals surface area contributed by atoms with Crippen molar-refractivity contribution >= 4 is 12.0 Å². The quantitative estimate of drug-likeness (QED) is 0.500. The largest absolute Gasteiger partial charge is 0.371 e. The fraction of sp³-hybridized carbons (Fsp3) is 0.455. The van der Waals surface area contributed by atoms with Crippen molar-refractivity contribution in [2.24, 2.45) is 4.99 Å². The second-order valence-electron chi connectivity index (χ2n) is 3.23. The minimum absolute atomic E-state index is 0.355. The van der Waals surface area contributed by atoms with Crippen LogP contribution in [0.5, 0.6) is 0 Å². The van der Waals surface area contributed by atoms with Crippen molar-refractivity contribution in [3.63, 3.8) is 0 Å². The maximum absolute atomic E-state index is 11.0. The average molecular weight is 192 g/mol. The van der Waals surface area contributed by atoms with E-state index in [1.165, 1.54) is 0 Å². The highest BCUT2D eigenvalue weighted by Crippen LogP contribution is 2.12. The van der Waals surface area contributed by atoms with Crippen LogP contribution in [0.2, 0.25) is 0 Å². The van der Waals surface area contributed by atoms with Crippen molar-refractivity contribution in [2.75, 3.05) is 20.1 Å². The Morgan fingerprint density at radius 3 is 2.64 bits per heavy atom. The lowest BCUT2D eigenvalue weighted by Crippen LogP contribution is -2.32. The molecule has 0 aliphatic carbocycles. The van der Waals surface area contributed by atoms with Crippen molar-refractivity contribution in [1.29, 1.82) is 0 Å². The third-order valence-electron chi connectivity index (χ3n) is 2.29. The summed E-state index contributed by atoms with van der Waals surface area (Å²) in [6, 6.07) is 0. The summed E-state index contributed by atoms with van der Waals surface area (Å²) in [5.74, 6) is 0.355. The number of ketones is 1. The van der Waals surface area contributed by atoms with Gasteiger partial charge in [-0.3, -0.25) is 9.79 Å². The van der Waals surface area contributed by atoms with E-state index in [-0.39, 0.29) is 0 Å². The van der Waals surface area contributed by atoms with Gasteiger partial charge in [0.1, 0.15) is 5.78 Å². The Morgan fingerprint density at radius 2 is 2.14 bits per heavy atom. The summed E-state index contributed by atoms with van der Waals surface area (Å²) in [6.45, 7) is 5.35. The maximum atomic E-state index is 11.0. The summed E-state index contributed by atoms with van der Waals surface area (Å²) in [5, 5.41) is 0. The smallest absolute Gasteiger partial charge is 0.136 e. The summed E-state index contributed by atoms with van der Waals surface area (Å²) >= 11 is 0. The number of carbonyl (C=O) groups is 1. The molecule has 0 radical (unpaired) electrons. The van der Waals surface area contributed by atoms with E-state index >= 15 is 0 Å². The highest BCUT2D eigenvalue weighted by molar-refractivity contribution is 5.79. The molecule has 3 nitrogen and oxygen atoms in total. The Hall–Kier alpha value is -1.38. The highest BCUT2D eigenvalue weighted by Gasteiger charge is 2.16. The van der Waals surface area contributed by atoms with E-state index in [0.717, 1.165) is 18.8 Å². The molecular formula is C11H16N2O. The molecule has 3 heteroatoms. The summed E-state index contributed by atoms with van der Waals surface area (Å²) in [4.78, 5) is 17.1. The Labute approximate surface area is 84.8 Å². The number of likely N-dealkylation sites (tertiary alicyclic amines) is 1. The fourth-order valence-electron chi connectivity index (χ4n) is 1.47. The van der Waals surface area contributed by atoms with Gasteiger partial charge in [0.15, 0.2) is 0 Å². The topological polar surface area (TPSA) is 32.7 Å². The predicted molar refractivity (Wildman–Crippen MR) is 58.5 cm³/mol. The van der Waals surface area contributed by atoms with E-state index in [2.05, 4.69) is 16.5 Å². The predicted octanol–water partition coefficient (Wildman–Crippen LogP) is 1.42. The minimum atomic E-state index is 0.355. The molecule has 0 N–H and O–H groups in total. The van der Waals surface area contributed by atoms with E-state index in [1.807, 2.05) is 6.08 Å². The summed E-state index contributed by atoms with van der Waals surface area (Å²) in [7, 11) is 1.73. The molecule has 76 valence electrons. The Morgan fingerprint density at radius 1 is 1.50 bits per heavy atom. The summed E-state index contributed by atoms with van der Waals surface area (Å²) in [5.41, 5.74) is 1.04. The molecule has 1 aliphatic rings. The number of Topliss-reactive ketones (excluding diaryl/α,β-unsaturated/α-hetero) is 1. The zero-order valence-electron chi connectivity index (χ0n) is 8.57. The summed E-state index contributed by atoms with van der Waals surface area (Å²) in [6.07, 6.45) is 6.76. The number of piperidine rings is 1. The number of allylic oxidation sites excluding steroid dienone is 2. The normalized spacial score (nSPS) is 19.1. The SMILES string of the molecule is C=C/C(=C\C=NC)N1CCC(=O)CC1. The van der Waals surface area contributed by atoms with Gasteiger partial charge >= 0.3 is 0 Å². The van der Waals surface area contributed by atoms with Crippen LogP contribution in [0.25, 0.3) is 0 Å². The number of rotatable bonds is 3. The van der Waals surface area contributed by atoms with Crippen LogP contribution in [0, 0.1) is 0 Å². The molecule has 1 fully saturated rings. The Bertz CT molecular complexity index is 269. The molecule has 0 atom stereocenters. The zero-order chi connectivity index (χ0) is 10.4. The van der Waals surface area contributed by atoms with Gasteiger partial charge in [-0.2, -0.15) is 0 Å². The number of aliphatic imine (C=N–C) groups is 1. The number of hydrogen-bond donors (Lipinski definition) is 0. The maximum Gasteiger partial charge on any atom is 0.136 e. The van der Waals surface area contributed by atoms with Gasteiger partial charge < -0.3 is 4.90 Å². The lowest BCUT2D eigenvalue weighted by molar-refractivity contribution is -0.121. The number of carbonyl (C=O) groups excluding carboxylic acids is 1. The average Bonchev–Trinajstić information content (AvgIpc) is 2.21. The first-order valence-electron chi connectivity index (χ1n) is 4.79. The van der Waals surface area contributed by atoms with E-state index in [4.69, 9.17) is 0 Å². The molecule has 0 aromatic carbocycles. The lowest BCUT2D eigenvalue weighted by atomic mass is 10.1. The molecular weight excluding hydrogens is 176 g/mol. The molecule has 1 heterocycles. The van der Waals surface area contributed by atoms with Gasteiger partial charge in [-0.05, 0) is 12.2 Å². The van der Waals surface area contributed by atoms with Crippen LogP contribution in [-0.2, 0) is 4.79 Å². The van der Waals surface area contributed by atoms with Crippen molar-refractivity contribution in [2.45, 2.75) is 12.8 Å². The molecule has 0 bridgehead atoms. The number of hydrogen-bond acceptors (Lipinski definition) is 3. The minimum Gasteiger partial charge on any atom is -0.371 e. The fourth-order valence-corrected chi connectivity index (χ4v) is 1.47. The van der Waals surface area contributed by atoms with Crippen molar-refractivity contribution in [1.82, 2.24) is 4.90 Å². The van der Waals surface area contributed by atoms with E-state index < -0.39 is 0 Å². The van der Waals surface area contributed by atoms with Gasteiger partial charge in [0.2, 0.25) is 0 Å². The third kappa shape index (κ3) is 2.83. The van der Waals surface area contributed by atoms with Gasteiger partial charge in [-0.25, -0.2) is 0 Å². The molecule has 0 saturated carbocycles. The molecule has 14 heavy (non-hydrogen) atoms. The zero-order valence-corrected chi connectivity index (χ0v) is 8.57. The molecule has 0 unspecified atom stereocenters. The first kappa shape index (κ1) is 10.7. The van der Waals surface area contributed by atoms with Crippen LogP contribution in [-0.4, -0.2) is 37.0 Å². The van der Waals surface area contributed by atoms with Crippen molar-refractivity contribution in [3.05, 3.63) is 24.4 Å². The van der Waals surface area contributed by atoms with Crippen molar-refractivity contribution < 1.29 is 4.79 Å². The van der Waals surface area contributed by atoms with Crippen LogP contribution < -0.4 is 0 Å². The van der Waals surface area contributed by atoms with E-state index in [0.29, 0.717) is 18.6 Å². The van der Waals surface area contributed by atoms with Gasteiger partial charge in [0.25, 0.3) is 0 Å². The second-order valence-corrected chi connectivity index (χ2v) is 3.23. The van der Waals surface area contributed by atoms with Gasteiger partial charge in [-0.15, -0.1) is 0 Å². The van der Waals surface area contributed by atoms with E-state index in [9.17, 15) is 4.79 Å². The van der Waals surface area contributed by atoms with Crippen LogP contribution in [0.15, 0.2) is 29.4 Å². The lowest BCUT2D eigenvalue weighted by Gasteiger charge is -2.28. The molecule has 1 aliphatic heterocycles. The Balaban J connectivity index is 2.61. The van der Waals surface area contributed by atoms with Crippen LogP contribution in [0.4, 0.5) is 0 Å². The van der Waals surface area contributed by atoms with Gasteiger partial charge in [-0.1, -0.05) is 6.58 Å². The molecule has 0 aromatic rings. The second kappa shape index (κ2) is 5.37. The molecule has 0 aromatic heterocycles. The standard InChI is InChI=1S/C11H16N2O/c1-3-10(4-7-12-2)13-8-5-11(14)6-9-13/h3-4,7H,1,5-6,8-9H2,2H3/b10-4+,12-7?. The van der Waals surface area contributed by atoms with Crippen LogP contribution in [0.3, 0.4) is 0 Å². The molecule has 1 saturated heterocycles. The van der Waals surface area contributed by atoms with Gasteiger partial charge in [0.05, 0.1) is 0 Å². The molecule has 1 rings (SSSR count). The highest BCUT2D eigenvalue weighted by atomic mass is 16.1. The van der Waals surface area contributed by atoms with Gasteiger partial charge in [0, 0.05) is 44.9 Å². The first-order chi connectivity index (χ1) is 6.77. The van der Waals surface area contributed by atoms with Crippen LogP contribution in [0.1, 0.15) is 12.8 Å². The molecule has 0 amide bonds. The van der Waals surface area contributed by atoms with Crippen molar-refractivity contribution in [3.8, 4) is 0 Å². The van der Waals surface area contributed by atoms with Crippen LogP contribution >= 0.6 is 0 Å². The summed E-state index contributed by atoms with van der Waals surface area (Å²) < 4.78 is 0.